The van der Waals surface area contributed by atoms with Crippen LogP contribution < -0.4 is 10.6 Å². The van der Waals surface area contributed by atoms with Gasteiger partial charge in [-0.2, -0.15) is 10.5 Å². The largest absolute Gasteiger partial charge is 0.349 e. The van der Waals surface area contributed by atoms with E-state index in [0.29, 0.717) is 11.1 Å². The van der Waals surface area contributed by atoms with Crippen molar-refractivity contribution in [3.63, 3.8) is 0 Å². The van der Waals surface area contributed by atoms with Crippen LogP contribution in [0.2, 0.25) is 0 Å². The van der Waals surface area contributed by atoms with Gasteiger partial charge in [0.25, 0.3) is 0 Å². The third-order valence-corrected chi connectivity index (χ3v) is 4.02. The SMILES string of the molecule is N#Cc1ccc(C=NCC(=O)CNC(=N)NCC(=O)CN=Cc2ccc(C#N)cc2)cc1. The van der Waals surface area contributed by atoms with Gasteiger partial charge >= 0.3 is 0 Å². The van der Waals surface area contributed by atoms with E-state index in [2.05, 4.69) is 20.6 Å². The summed E-state index contributed by atoms with van der Waals surface area (Å²) in [5.74, 6) is -0.585. The van der Waals surface area contributed by atoms with Gasteiger partial charge in [-0.3, -0.25) is 25.0 Å². The Labute approximate surface area is 185 Å². The van der Waals surface area contributed by atoms with E-state index >= 15 is 0 Å². The Balaban J connectivity index is 1.62. The molecule has 0 bridgehead atoms. The first kappa shape index (κ1) is 23.6. The number of aliphatic imine (C=N–C) groups is 2. The monoisotopic (exact) mass is 427 g/mol. The zero-order chi connectivity index (χ0) is 23.2. The van der Waals surface area contributed by atoms with Crippen molar-refractivity contribution >= 4 is 30.0 Å². The van der Waals surface area contributed by atoms with Crippen molar-refractivity contribution in [3.05, 3.63) is 70.8 Å². The first-order chi connectivity index (χ1) is 15.5. The van der Waals surface area contributed by atoms with Crippen molar-refractivity contribution in [2.45, 2.75) is 0 Å². The summed E-state index contributed by atoms with van der Waals surface area (Å²) in [4.78, 5) is 31.8. The van der Waals surface area contributed by atoms with Gasteiger partial charge in [0.05, 0.1) is 49.4 Å². The number of nitrogens with zero attached hydrogens (tertiary/aromatic N) is 4. The lowest BCUT2D eigenvalue weighted by molar-refractivity contribution is -0.117. The van der Waals surface area contributed by atoms with Gasteiger partial charge in [-0.15, -0.1) is 0 Å². The van der Waals surface area contributed by atoms with Gasteiger partial charge < -0.3 is 10.6 Å². The highest BCUT2D eigenvalue weighted by Gasteiger charge is 2.04. The number of hydrogen-bond donors (Lipinski definition) is 3. The van der Waals surface area contributed by atoms with Crippen LogP contribution in [0.1, 0.15) is 22.3 Å². The molecule has 2 rings (SSSR count). The third kappa shape index (κ3) is 8.80. The summed E-state index contributed by atoms with van der Waals surface area (Å²) in [6.45, 7) is -0.296. The van der Waals surface area contributed by atoms with Crippen LogP contribution in [0, 0.1) is 28.1 Å². The normalized spacial score (nSPS) is 10.4. The third-order valence-electron chi connectivity index (χ3n) is 4.02. The van der Waals surface area contributed by atoms with E-state index in [0.717, 1.165) is 11.1 Å². The molecule has 9 heteroatoms. The molecule has 0 atom stereocenters. The Morgan fingerprint density at radius 2 is 1.16 bits per heavy atom. The van der Waals surface area contributed by atoms with E-state index < -0.39 is 0 Å². The van der Waals surface area contributed by atoms with Crippen molar-refractivity contribution < 1.29 is 9.59 Å². The fourth-order valence-corrected chi connectivity index (χ4v) is 2.34. The quantitative estimate of drug-likeness (QED) is 0.382. The highest BCUT2D eigenvalue weighted by molar-refractivity contribution is 5.92. The molecule has 3 N–H and O–H groups in total. The minimum Gasteiger partial charge on any atom is -0.349 e. The van der Waals surface area contributed by atoms with Crippen LogP contribution in [0.4, 0.5) is 0 Å². The van der Waals surface area contributed by atoms with E-state index in [4.69, 9.17) is 15.9 Å². The highest BCUT2D eigenvalue weighted by atomic mass is 16.1. The molecule has 0 fully saturated rings. The molecule has 0 heterocycles. The van der Waals surface area contributed by atoms with E-state index in [1.165, 1.54) is 0 Å². The van der Waals surface area contributed by atoms with Gasteiger partial charge in [-0.1, -0.05) is 24.3 Å². The van der Waals surface area contributed by atoms with Crippen LogP contribution in [0.5, 0.6) is 0 Å². The Kier molecular flexibility index (Phi) is 9.48. The molecule has 2 aromatic carbocycles. The predicted molar refractivity (Wildman–Crippen MR) is 121 cm³/mol. The number of carbonyl (C=O) groups is 2. The number of nitriles is 2. The smallest absolute Gasteiger partial charge is 0.189 e. The fourth-order valence-electron chi connectivity index (χ4n) is 2.34. The number of hydrogen-bond acceptors (Lipinski definition) is 7. The number of nitrogens with one attached hydrogen (secondary N) is 3. The maximum absolute atomic E-state index is 11.8. The van der Waals surface area contributed by atoms with E-state index in [1.54, 1.807) is 61.0 Å². The summed E-state index contributed by atoms with van der Waals surface area (Å²) >= 11 is 0. The highest BCUT2D eigenvalue weighted by Crippen LogP contribution is 2.01. The number of rotatable bonds is 10. The molecule has 0 aliphatic rings. The van der Waals surface area contributed by atoms with Crippen molar-refractivity contribution in [1.29, 1.82) is 15.9 Å². The van der Waals surface area contributed by atoms with Crippen molar-refractivity contribution in [2.24, 2.45) is 9.98 Å². The van der Waals surface area contributed by atoms with Gasteiger partial charge in [-0.25, -0.2) is 0 Å². The molecule has 0 radical (unpaired) electrons. The molecule has 0 amide bonds. The molecule has 0 saturated heterocycles. The van der Waals surface area contributed by atoms with Crippen LogP contribution in [-0.2, 0) is 9.59 Å². The molecule has 0 aromatic heterocycles. The first-order valence-electron chi connectivity index (χ1n) is 9.60. The zero-order valence-electron chi connectivity index (χ0n) is 17.2. The molecule has 32 heavy (non-hydrogen) atoms. The van der Waals surface area contributed by atoms with E-state index in [9.17, 15) is 9.59 Å². The van der Waals surface area contributed by atoms with Gasteiger partial charge in [0.15, 0.2) is 17.5 Å². The zero-order valence-corrected chi connectivity index (χ0v) is 17.2. The van der Waals surface area contributed by atoms with Crippen LogP contribution in [0.3, 0.4) is 0 Å². The lowest BCUT2D eigenvalue weighted by Gasteiger charge is -2.08. The van der Waals surface area contributed by atoms with Crippen LogP contribution in [0.15, 0.2) is 58.5 Å². The summed E-state index contributed by atoms with van der Waals surface area (Å²) in [6.07, 6.45) is 3.08. The van der Waals surface area contributed by atoms with Crippen LogP contribution in [0.25, 0.3) is 0 Å². The van der Waals surface area contributed by atoms with Gasteiger partial charge in [0.1, 0.15) is 0 Å². The van der Waals surface area contributed by atoms with E-state index in [1.807, 2.05) is 12.1 Å². The second-order valence-corrected chi connectivity index (χ2v) is 6.57. The second-order valence-electron chi connectivity index (χ2n) is 6.57. The van der Waals surface area contributed by atoms with Crippen molar-refractivity contribution in [1.82, 2.24) is 10.6 Å². The average Bonchev–Trinajstić information content (AvgIpc) is 2.82. The number of carbonyl (C=O) groups excluding carboxylic acids is 2. The molecule has 9 nitrogen and oxygen atoms in total. The Hall–Kier alpha value is -4.63. The standard InChI is InChI=1S/C23H21N7O2/c24-9-17-1-5-19(6-2-17)11-27-13-21(31)15-29-23(26)30-16-22(32)14-28-12-20-7-3-18(10-25)4-8-20/h1-8,11-12H,13-16H2,(H3,26,29,30). The molecule has 0 aliphatic heterocycles. The van der Waals surface area contributed by atoms with Gasteiger partial charge in [-0.05, 0) is 35.4 Å². The molecule has 0 aliphatic carbocycles. The number of Topliss-reactive ketones (excluding diaryl/α,β-unsaturated/α-hetero) is 2. The molecule has 160 valence electrons. The Morgan fingerprint density at radius 3 is 1.50 bits per heavy atom. The summed E-state index contributed by atoms with van der Waals surface area (Å²) in [5.41, 5.74) is 2.65. The van der Waals surface area contributed by atoms with Crippen LogP contribution >= 0.6 is 0 Å². The van der Waals surface area contributed by atoms with Crippen LogP contribution in [-0.4, -0.2) is 56.1 Å². The second kappa shape index (κ2) is 12.8. The Bertz CT molecular complexity index is 1000. The molecule has 2 aromatic rings. The molecular weight excluding hydrogens is 406 g/mol. The van der Waals surface area contributed by atoms with Gasteiger partial charge in [0.2, 0.25) is 0 Å². The first-order valence-corrected chi connectivity index (χ1v) is 9.60. The minimum absolute atomic E-state index is 0.0523. The lowest BCUT2D eigenvalue weighted by atomic mass is 10.2. The van der Waals surface area contributed by atoms with Crippen molar-refractivity contribution in [2.75, 3.05) is 26.2 Å². The number of guanidine groups is 1. The molecular formula is C23H21N7O2. The lowest BCUT2D eigenvalue weighted by Crippen LogP contribution is -2.42. The number of ketones is 2. The summed E-state index contributed by atoms with van der Waals surface area (Å²) in [5, 5.41) is 30.4. The summed E-state index contributed by atoms with van der Waals surface area (Å²) < 4.78 is 0. The van der Waals surface area contributed by atoms with E-state index in [-0.39, 0.29) is 43.7 Å². The Morgan fingerprint density at radius 1 is 0.781 bits per heavy atom. The fraction of sp³-hybridized carbons (Fsp3) is 0.174. The predicted octanol–water partition coefficient (Wildman–Crippen LogP) is 1.22. The van der Waals surface area contributed by atoms with Gasteiger partial charge in [0, 0.05) is 12.4 Å². The molecule has 0 saturated carbocycles. The summed E-state index contributed by atoms with van der Waals surface area (Å²) in [7, 11) is 0. The average molecular weight is 427 g/mol. The summed E-state index contributed by atoms with van der Waals surface area (Å²) in [6, 6.07) is 17.6. The number of benzene rings is 2. The molecule has 0 unspecified atom stereocenters. The minimum atomic E-state index is -0.222. The van der Waals surface area contributed by atoms with Crippen molar-refractivity contribution in [3.8, 4) is 12.1 Å². The maximum atomic E-state index is 11.8. The topological polar surface area (TPSA) is 154 Å². The maximum Gasteiger partial charge on any atom is 0.189 e. The molecule has 0 spiro atoms.